The minimum absolute atomic E-state index is 0.390. The zero-order valence-electron chi connectivity index (χ0n) is 13.2. The van der Waals surface area contributed by atoms with E-state index in [1.54, 1.807) is 31.6 Å². The lowest BCUT2D eigenvalue weighted by Crippen LogP contribution is -2.19. The number of hydrogen-bond donors (Lipinski definition) is 2. The highest BCUT2D eigenvalue weighted by molar-refractivity contribution is 7.80. The summed E-state index contributed by atoms with van der Waals surface area (Å²) in [5.41, 5.74) is 3.80. The summed E-state index contributed by atoms with van der Waals surface area (Å²) in [4.78, 5) is 4.38. The Hall–Kier alpha value is -3.11. The van der Waals surface area contributed by atoms with Crippen LogP contribution in [0.2, 0.25) is 0 Å². The minimum Gasteiger partial charge on any atom is -0.495 e. The Morgan fingerprint density at radius 3 is 2.79 bits per heavy atom. The molecule has 2 N–H and O–H groups in total. The van der Waals surface area contributed by atoms with Crippen LogP contribution >= 0.6 is 12.2 Å². The third-order valence-corrected chi connectivity index (χ3v) is 3.78. The van der Waals surface area contributed by atoms with E-state index in [9.17, 15) is 0 Å². The van der Waals surface area contributed by atoms with Crippen molar-refractivity contribution in [2.45, 2.75) is 0 Å². The van der Waals surface area contributed by atoms with E-state index in [0.29, 0.717) is 22.1 Å². The molecule has 6 nitrogen and oxygen atoms in total. The van der Waals surface area contributed by atoms with Gasteiger partial charge in [0.15, 0.2) is 5.11 Å². The predicted molar refractivity (Wildman–Crippen MR) is 98.3 cm³/mol. The molecule has 0 unspecified atom stereocenters. The molecule has 1 heterocycles. The van der Waals surface area contributed by atoms with Crippen LogP contribution in [0.15, 0.2) is 42.7 Å². The first-order valence-electron chi connectivity index (χ1n) is 7.18. The van der Waals surface area contributed by atoms with Crippen LogP contribution in [0.25, 0.3) is 11.0 Å². The molecule has 3 aromatic rings. The van der Waals surface area contributed by atoms with Crippen molar-refractivity contribution in [3.63, 3.8) is 0 Å². The fourth-order valence-electron chi connectivity index (χ4n) is 2.41. The fourth-order valence-corrected chi connectivity index (χ4v) is 2.63. The van der Waals surface area contributed by atoms with E-state index >= 15 is 0 Å². The van der Waals surface area contributed by atoms with Crippen molar-refractivity contribution < 1.29 is 4.74 Å². The van der Waals surface area contributed by atoms with Crippen molar-refractivity contribution in [2.75, 3.05) is 17.7 Å². The van der Waals surface area contributed by atoms with Gasteiger partial charge >= 0.3 is 0 Å². The Morgan fingerprint density at radius 1 is 1.25 bits per heavy atom. The fraction of sp³-hybridized carbons (Fsp3) is 0.118. The number of ether oxygens (including phenoxy) is 1. The number of hydrogen-bond acceptors (Lipinski definition) is 4. The number of thiocarbonyl (C=S) groups is 1. The van der Waals surface area contributed by atoms with Crippen LogP contribution in [0, 0.1) is 11.3 Å². The maximum absolute atomic E-state index is 9.04. The van der Waals surface area contributed by atoms with Gasteiger partial charge in [-0.15, -0.1) is 0 Å². The molecular formula is C17H15N5OS. The van der Waals surface area contributed by atoms with Gasteiger partial charge in [-0.2, -0.15) is 5.26 Å². The van der Waals surface area contributed by atoms with E-state index in [-0.39, 0.29) is 0 Å². The van der Waals surface area contributed by atoms with E-state index in [4.69, 9.17) is 22.2 Å². The summed E-state index contributed by atoms with van der Waals surface area (Å²) in [6.07, 6.45) is 1.76. The van der Waals surface area contributed by atoms with Gasteiger partial charge in [0.05, 0.1) is 42.0 Å². The van der Waals surface area contributed by atoms with Crippen molar-refractivity contribution in [1.82, 2.24) is 9.55 Å². The maximum Gasteiger partial charge on any atom is 0.175 e. The van der Waals surface area contributed by atoms with Crippen LogP contribution in [0.1, 0.15) is 5.56 Å². The number of fused-ring (bicyclic) bond motifs is 1. The van der Waals surface area contributed by atoms with Gasteiger partial charge in [0.25, 0.3) is 0 Å². The molecule has 0 amide bonds. The highest BCUT2D eigenvalue weighted by atomic mass is 32.1. The van der Waals surface area contributed by atoms with Gasteiger partial charge < -0.3 is 19.9 Å². The van der Waals surface area contributed by atoms with Crippen molar-refractivity contribution in [2.24, 2.45) is 7.05 Å². The number of aromatic nitrogens is 2. The number of aryl methyl sites for hydroxylation is 1. The second kappa shape index (κ2) is 6.56. The Bertz CT molecular complexity index is 957. The molecule has 120 valence electrons. The van der Waals surface area contributed by atoms with Gasteiger partial charge in [-0.05, 0) is 42.5 Å². The average molecular weight is 337 g/mol. The van der Waals surface area contributed by atoms with Crippen LogP contribution in [0.5, 0.6) is 5.75 Å². The minimum atomic E-state index is 0.390. The third kappa shape index (κ3) is 3.00. The molecule has 0 saturated heterocycles. The van der Waals surface area contributed by atoms with E-state index in [1.165, 1.54) is 0 Å². The van der Waals surface area contributed by atoms with E-state index in [1.807, 2.05) is 29.8 Å². The van der Waals surface area contributed by atoms with Crippen LogP contribution in [-0.4, -0.2) is 21.8 Å². The van der Waals surface area contributed by atoms with Crippen molar-refractivity contribution in [1.29, 1.82) is 5.26 Å². The molecule has 0 saturated carbocycles. The first kappa shape index (κ1) is 15.8. The standard InChI is InChI=1S/C17H15N5OS/c1-22-10-19-16-12(4-3-5-14(16)22)20-17(24)21-13-8-11(9-18)6-7-15(13)23-2/h3-8,10H,1-2H3,(H2,20,21,24). The van der Waals surface area contributed by atoms with E-state index in [2.05, 4.69) is 21.7 Å². The van der Waals surface area contributed by atoms with Gasteiger partial charge in [-0.1, -0.05) is 6.07 Å². The number of benzene rings is 2. The van der Waals surface area contributed by atoms with Gasteiger partial charge in [0.1, 0.15) is 11.3 Å². The molecule has 0 aliphatic heterocycles. The van der Waals surface area contributed by atoms with Crippen LogP contribution in [0.4, 0.5) is 11.4 Å². The summed E-state index contributed by atoms with van der Waals surface area (Å²) >= 11 is 5.38. The van der Waals surface area contributed by atoms with E-state index in [0.717, 1.165) is 16.7 Å². The average Bonchev–Trinajstić information content (AvgIpc) is 2.97. The second-order valence-corrected chi connectivity index (χ2v) is 5.54. The van der Waals surface area contributed by atoms with Gasteiger partial charge in [-0.25, -0.2) is 4.98 Å². The van der Waals surface area contributed by atoms with Crippen LogP contribution in [0.3, 0.4) is 0 Å². The van der Waals surface area contributed by atoms with E-state index < -0.39 is 0 Å². The molecule has 0 atom stereocenters. The largest absolute Gasteiger partial charge is 0.495 e. The smallest absolute Gasteiger partial charge is 0.175 e. The van der Waals surface area contributed by atoms with Crippen LogP contribution < -0.4 is 15.4 Å². The first-order chi connectivity index (χ1) is 11.6. The monoisotopic (exact) mass is 337 g/mol. The quantitative estimate of drug-likeness (QED) is 0.715. The Kier molecular flexibility index (Phi) is 4.31. The summed E-state index contributed by atoms with van der Waals surface area (Å²) in [5.74, 6) is 0.606. The summed E-state index contributed by atoms with van der Waals surface area (Å²) in [6.45, 7) is 0. The molecule has 24 heavy (non-hydrogen) atoms. The molecule has 0 spiro atoms. The van der Waals surface area contributed by atoms with Gasteiger partial charge in [0.2, 0.25) is 0 Å². The molecule has 0 bridgehead atoms. The zero-order valence-corrected chi connectivity index (χ0v) is 14.0. The number of imidazole rings is 1. The van der Waals surface area contributed by atoms with Gasteiger partial charge in [0, 0.05) is 7.05 Å². The molecule has 3 rings (SSSR count). The Labute approximate surface area is 144 Å². The molecule has 0 aliphatic rings. The lowest BCUT2D eigenvalue weighted by Gasteiger charge is -2.14. The van der Waals surface area contributed by atoms with Crippen molar-refractivity contribution in [3.05, 3.63) is 48.3 Å². The molecule has 7 heteroatoms. The number of nitrogens with one attached hydrogen (secondary N) is 2. The third-order valence-electron chi connectivity index (χ3n) is 3.58. The van der Waals surface area contributed by atoms with Crippen LogP contribution in [-0.2, 0) is 7.05 Å². The highest BCUT2D eigenvalue weighted by Crippen LogP contribution is 2.26. The SMILES string of the molecule is COc1ccc(C#N)cc1NC(=S)Nc1cccc2c1ncn2C. The Balaban J connectivity index is 1.84. The number of nitrogens with zero attached hydrogens (tertiary/aromatic N) is 3. The lowest BCUT2D eigenvalue weighted by molar-refractivity contribution is 0.417. The number of anilines is 2. The Morgan fingerprint density at radius 2 is 2.04 bits per heavy atom. The number of rotatable bonds is 3. The number of para-hydroxylation sites is 1. The molecule has 0 aliphatic carbocycles. The lowest BCUT2D eigenvalue weighted by atomic mass is 10.2. The summed E-state index contributed by atoms with van der Waals surface area (Å²) < 4.78 is 7.24. The maximum atomic E-state index is 9.04. The summed E-state index contributed by atoms with van der Waals surface area (Å²) in [6, 6.07) is 13.0. The van der Waals surface area contributed by atoms with Crippen molar-refractivity contribution >= 4 is 39.7 Å². The normalized spacial score (nSPS) is 10.2. The molecule has 1 aromatic heterocycles. The molecule has 0 fully saturated rings. The first-order valence-corrected chi connectivity index (χ1v) is 7.59. The summed E-state index contributed by atoms with van der Waals surface area (Å²) in [7, 11) is 3.51. The molecule has 0 radical (unpaired) electrons. The van der Waals surface area contributed by atoms with Gasteiger partial charge in [-0.3, -0.25) is 0 Å². The predicted octanol–water partition coefficient (Wildman–Crippen LogP) is 3.26. The topological polar surface area (TPSA) is 74.9 Å². The zero-order chi connectivity index (χ0) is 17.1. The molecular weight excluding hydrogens is 322 g/mol. The van der Waals surface area contributed by atoms with Crippen molar-refractivity contribution in [3.8, 4) is 11.8 Å². The second-order valence-electron chi connectivity index (χ2n) is 5.13. The number of nitriles is 1. The molecule has 2 aromatic carbocycles. The summed E-state index contributed by atoms with van der Waals surface area (Å²) in [5, 5.41) is 15.6. The highest BCUT2D eigenvalue weighted by Gasteiger charge is 2.09. The number of methoxy groups -OCH3 is 1.